The van der Waals surface area contributed by atoms with Gasteiger partial charge in [0.1, 0.15) is 6.29 Å². The van der Waals surface area contributed by atoms with E-state index in [0.717, 1.165) is 6.29 Å². The normalized spacial score (nSPS) is 8.89. The highest BCUT2D eigenvalue weighted by Crippen LogP contribution is 1.86. The summed E-state index contributed by atoms with van der Waals surface area (Å²) in [4.78, 5) is 17.6. The average Bonchev–Trinajstić information content (AvgIpc) is 1.91. The van der Waals surface area contributed by atoms with E-state index in [2.05, 4.69) is 9.97 Å². The van der Waals surface area contributed by atoms with Gasteiger partial charge >= 0.3 is 0 Å². The van der Waals surface area contributed by atoms with Gasteiger partial charge in [0.25, 0.3) is 0 Å². The minimum Gasteiger partial charge on any atom is -0.303 e. The molecule has 1 rings (SSSR count). The molecule has 1 aromatic rings. The third-order valence-corrected chi connectivity index (χ3v) is 0.909. The number of aldehydes is 1. The summed E-state index contributed by atoms with van der Waals surface area (Å²) >= 11 is 0. The van der Waals surface area contributed by atoms with Crippen LogP contribution in [0, 0.1) is 0 Å². The van der Waals surface area contributed by atoms with Crippen LogP contribution in [0.15, 0.2) is 18.6 Å². The van der Waals surface area contributed by atoms with E-state index in [1.165, 1.54) is 0 Å². The zero-order valence-electron chi connectivity index (χ0n) is 4.82. The van der Waals surface area contributed by atoms with Crippen LogP contribution in [0.25, 0.3) is 0 Å². The molecule has 0 fully saturated rings. The second kappa shape index (κ2) is 2.91. The van der Waals surface area contributed by atoms with Crippen molar-refractivity contribution in [2.75, 3.05) is 0 Å². The Morgan fingerprint density at radius 2 is 2.44 bits per heavy atom. The molecule has 0 amide bonds. The Hall–Kier alpha value is -1.25. The van der Waals surface area contributed by atoms with Crippen molar-refractivity contribution in [3.05, 3.63) is 24.3 Å². The number of carbonyl (C=O) groups is 1. The predicted octanol–water partition coefficient (Wildman–Crippen LogP) is 0.218. The van der Waals surface area contributed by atoms with Gasteiger partial charge in [-0.3, -0.25) is 9.97 Å². The first-order chi connectivity index (χ1) is 4.43. The number of aromatic nitrogens is 2. The van der Waals surface area contributed by atoms with Crippen molar-refractivity contribution in [2.45, 2.75) is 6.42 Å². The molecule has 3 heteroatoms. The number of hydrogen-bond acceptors (Lipinski definition) is 3. The molecule has 0 saturated heterocycles. The van der Waals surface area contributed by atoms with E-state index in [-0.39, 0.29) is 0 Å². The molecule has 0 saturated carbocycles. The van der Waals surface area contributed by atoms with Crippen molar-refractivity contribution < 1.29 is 4.79 Å². The Morgan fingerprint density at radius 3 is 3.00 bits per heavy atom. The Labute approximate surface area is 52.8 Å². The van der Waals surface area contributed by atoms with Crippen LogP contribution in [0.5, 0.6) is 0 Å². The van der Waals surface area contributed by atoms with Crippen molar-refractivity contribution in [1.82, 2.24) is 9.97 Å². The lowest BCUT2D eigenvalue weighted by Gasteiger charge is -1.87. The van der Waals surface area contributed by atoms with Gasteiger partial charge in [-0.05, 0) is 0 Å². The molecule has 3 nitrogen and oxygen atoms in total. The lowest BCUT2D eigenvalue weighted by atomic mass is 10.3. The van der Waals surface area contributed by atoms with Gasteiger partial charge in [0, 0.05) is 25.0 Å². The van der Waals surface area contributed by atoms with E-state index < -0.39 is 0 Å². The van der Waals surface area contributed by atoms with Crippen molar-refractivity contribution in [1.29, 1.82) is 0 Å². The summed E-state index contributed by atoms with van der Waals surface area (Å²) in [5.74, 6) is 0. The topological polar surface area (TPSA) is 42.9 Å². The Kier molecular flexibility index (Phi) is 1.90. The maximum absolute atomic E-state index is 9.91. The van der Waals surface area contributed by atoms with Crippen LogP contribution < -0.4 is 0 Å². The zero-order chi connectivity index (χ0) is 6.53. The van der Waals surface area contributed by atoms with Crippen molar-refractivity contribution in [3.63, 3.8) is 0 Å². The molecular formula is C6H6N2O. The molecule has 1 heterocycles. The number of nitrogens with zero attached hydrogens (tertiary/aromatic N) is 2. The third kappa shape index (κ3) is 1.60. The fourth-order valence-electron chi connectivity index (χ4n) is 0.521. The Balaban J connectivity index is 2.72. The fraction of sp³-hybridized carbons (Fsp3) is 0.167. The van der Waals surface area contributed by atoms with Gasteiger partial charge in [-0.15, -0.1) is 0 Å². The zero-order valence-corrected chi connectivity index (χ0v) is 4.82. The second-order valence-electron chi connectivity index (χ2n) is 1.57. The highest BCUT2D eigenvalue weighted by Gasteiger charge is 1.87. The van der Waals surface area contributed by atoms with Gasteiger partial charge in [0.15, 0.2) is 0 Å². The smallest absolute Gasteiger partial charge is 0.125 e. The lowest BCUT2D eigenvalue weighted by Crippen LogP contribution is -1.89. The SMILES string of the molecule is O=CCc1cnccn1. The first kappa shape index (κ1) is 5.88. The number of hydrogen-bond donors (Lipinski definition) is 0. The standard InChI is InChI=1S/C6H6N2O/c9-4-1-6-5-7-2-3-8-6/h2-5H,1H2. The van der Waals surface area contributed by atoms with Crippen LogP contribution in [0.3, 0.4) is 0 Å². The summed E-state index contributed by atoms with van der Waals surface area (Å²) < 4.78 is 0. The fourth-order valence-corrected chi connectivity index (χ4v) is 0.521. The van der Waals surface area contributed by atoms with Crippen molar-refractivity contribution >= 4 is 6.29 Å². The van der Waals surface area contributed by atoms with Crippen LogP contribution >= 0.6 is 0 Å². The highest BCUT2D eigenvalue weighted by molar-refractivity contribution is 5.53. The van der Waals surface area contributed by atoms with Gasteiger partial charge in [-0.2, -0.15) is 0 Å². The molecular weight excluding hydrogens is 116 g/mol. The van der Waals surface area contributed by atoms with Gasteiger partial charge in [0.2, 0.25) is 0 Å². The monoisotopic (exact) mass is 122 g/mol. The molecule has 1 aromatic heterocycles. The molecule has 0 aliphatic carbocycles. The predicted molar refractivity (Wildman–Crippen MR) is 31.8 cm³/mol. The van der Waals surface area contributed by atoms with Crippen LogP contribution in [-0.2, 0) is 11.2 Å². The van der Waals surface area contributed by atoms with Crippen LogP contribution in [0.1, 0.15) is 5.69 Å². The third-order valence-electron chi connectivity index (χ3n) is 0.909. The maximum atomic E-state index is 9.91. The van der Waals surface area contributed by atoms with Gasteiger partial charge in [-0.1, -0.05) is 0 Å². The summed E-state index contributed by atoms with van der Waals surface area (Å²) in [6.45, 7) is 0. The first-order valence-electron chi connectivity index (χ1n) is 2.62. The van der Waals surface area contributed by atoms with E-state index in [9.17, 15) is 4.79 Å². The van der Waals surface area contributed by atoms with Gasteiger partial charge < -0.3 is 4.79 Å². The lowest BCUT2D eigenvalue weighted by molar-refractivity contribution is -0.107. The molecule has 0 radical (unpaired) electrons. The summed E-state index contributed by atoms with van der Waals surface area (Å²) in [7, 11) is 0. The van der Waals surface area contributed by atoms with Crippen LogP contribution in [0.4, 0.5) is 0 Å². The molecule has 0 spiro atoms. The molecule has 0 bridgehead atoms. The maximum Gasteiger partial charge on any atom is 0.125 e. The second-order valence-corrected chi connectivity index (χ2v) is 1.57. The molecule has 0 atom stereocenters. The van der Waals surface area contributed by atoms with Crippen LogP contribution in [0.2, 0.25) is 0 Å². The van der Waals surface area contributed by atoms with Crippen molar-refractivity contribution in [3.8, 4) is 0 Å². The van der Waals surface area contributed by atoms with Crippen molar-refractivity contribution in [2.24, 2.45) is 0 Å². The van der Waals surface area contributed by atoms with Crippen LogP contribution in [-0.4, -0.2) is 16.3 Å². The largest absolute Gasteiger partial charge is 0.303 e. The minimum atomic E-state index is 0.355. The molecule has 0 aliphatic rings. The molecule has 46 valence electrons. The van der Waals surface area contributed by atoms with E-state index in [1.807, 2.05) is 0 Å². The average molecular weight is 122 g/mol. The molecule has 0 aromatic carbocycles. The van der Waals surface area contributed by atoms with E-state index in [0.29, 0.717) is 12.1 Å². The van der Waals surface area contributed by atoms with Gasteiger partial charge in [-0.25, -0.2) is 0 Å². The first-order valence-corrected chi connectivity index (χ1v) is 2.62. The quantitative estimate of drug-likeness (QED) is 0.527. The molecule has 0 N–H and O–H groups in total. The van der Waals surface area contributed by atoms with E-state index in [1.54, 1.807) is 18.6 Å². The summed E-state index contributed by atoms with van der Waals surface area (Å²) in [5, 5.41) is 0. The summed E-state index contributed by atoms with van der Waals surface area (Å²) in [5.41, 5.74) is 0.715. The Morgan fingerprint density at radius 1 is 1.56 bits per heavy atom. The minimum absolute atomic E-state index is 0.355. The van der Waals surface area contributed by atoms with Gasteiger partial charge in [0.05, 0.1) is 5.69 Å². The molecule has 9 heavy (non-hydrogen) atoms. The van der Waals surface area contributed by atoms with E-state index >= 15 is 0 Å². The number of carbonyl (C=O) groups excluding carboxylic acids is 1. The molecule has 0 unspecified atom stereocenters. The number of rotatable bonds is 2. The molecule has 0 aliphatic heterocycles. The highest BCUT2D eigenvalue weighted by atomic mass is 16.1. The van der Waals surface area contributed by atoms with E-state index in [4.69, 9.17) is 0 Å². The summed E-state index contributed by atoms with van der Waals surface area (Å²) in [6, 6.07) is 0. The Bertz CT molecular complexity index is 186. The summed E-state index contributed by atoms with van der Waals surface area (Å²) in [6.07, 6.45) is 5.89.